The fourth-order valence-corrected chi connectivity index (χ4v) is 2.29. The molecule has 118 valence electrons. The Labute approximate surface area is 132 Å². The summed E-state index contributed by atoms with van der Waals surface area (Å²) in [6.45, 7) is 2.01. The van der Waals surface area contributed by atoms with E-state index >= 15 is 0 Å². The second-order valence-electron chi connectivity index (χ2n) is 4.84. The van der Waals surface area contributed by atoms with Gasteiger partial charge in [0.25, 0.3) is 5.82 Å². The molecule has 0 radical (unpaired) electrons. The number of hydrogen-bond donors (Lipinski definition) is 1. The number of anilines is 1. The summed E-state index contributed by atoms with van der Waals surface area (Å²) in [5, 5.41) is 23.8. The van der Waals surface area contributed by atoms with Crippen molar-refractivity contribution < 1.29 is 14.6 Å². The van der Waals surface area contributed by atoms with E-state index < -0.39 is 4.92 Å². The van der Waals surface area contributed by atoms with Crippen molar-refractivity contribution in [3.8, 4) is 6.07 Å². The molecule has 23 heavy (non-hydrogen) atoms. The van der Waals surface area contributed by atoms with Crippen molar-refractivity contribution in [2.24, 2.45) is 0 Å². The fraction of sp³-hybridized carbons (Fsp3) is 0.267. The second-order valence-corrected chi connectivity index (χ2v) is 4.84. The quantitative estimate of drug-likeness (QED) is 0.641. The number of ether oxygens (including phenoxy) is 1. The maximum absolute atomic E-state index is 11.3. The molecule has 0 amide bonds. The first kappa shape index (κ1) is 16.3. The van der Waals surface area contributed by atoms with Crippen LogP contribution in [-0.4, -0.2) is 17.0 Å². The Hall–Kier alpha value is -3.05. The average Bonchev–Trinajstić information content (AvgIpc) is 2.53. The van der Waals surface area contributed by atoms with Crippen LogP contribution in [0.25, 0.3) is 0 Å². The largest absolute Gasteiger partial charge is 0.380 e. The monoisotopic (exact) mass is 314 g/mol. The van der Waals surface area contributed by atoms with Crippen LogP contribution in [0.3, 0.4) is 0 Å². The summed E-state index contributed by atoms with van der Waals surface area (Å²) in [6.07, 6.45) is 3.37. The Morgan fingerprint density at radius 1 is 1.57 bits per heavy atom. The topological polar surface area (TPSA) is 115 Å². The zero-order valence-electron chi connectivity index (χ0n) is 12.8. The first-order valence-electron chi connectivity index (χ1n) is 6.83. The predicted molar refractivity (Wildman–Crippen MR) is 81.4 cm³/mol. The molecule has 0 spiro atoms. The summed E-state index contributed by atoms with van der Waals surface area (Å²) in [5.74, 6) is 0.423. The van der Waals surface area contributed by atoms with Crippen LogP contribution in [0.4, 0.5) is 11.5 Å². The number of methoxy groups -OCH3 is 1. The zero-order chi connectivity index (χ0) is 16.8. The van der Waals surface area contributed by atoms with Crippen LogP contribution < -0.4 is 10.3 Å². The molecule has 0 unspecified atom stereocenters. The van der Waals surface area contributed by atoms with Crippen LogP contribution in [0.15, 0.2) is 24.5 Å². The van der Waals surface area contributed by atoms with E-state index in [2.05, 4.69) is 15.3 Å². The molecule has 8 nitrogen and oxygen atoms in total. The van der Waals surface area contributed by atoms with Crippen LogP contribution in [0, 0.1) is 28.4 Å². The normalized spacial score (nSPS) is 10.1. The predicted octanol–water partition coefficient (Wildman–Crippen LogP) is 1.74. The van der Waals surface area contributed by atoms with Gasteiger partial charge in [0, 0.05) is 32.0 Å². The summed E-state index contributed by atoms with van der Waals surface area (Å²) < 4.78 is 5.03. The van der Waals surface area contributed by atoms with Crippen molar-refractivity contribution in [1.29, 1.82) is 5.26 Å². The number of H-pyrrole nitrogens is 1. The highest BCUT2D eigenvalue weighted by Crippen LogP contribution is 2.28. The first-order valence-corrected chi connectivity index (χ1v) is 6.83. The SMILES string of the molecule is COCc1c(C#N)c(NCc2cccnc2)[nH+]c(C)c1[N+](=O)[O-]. The van der Waals surface area contributed by atoms with Crippen molar-refractivity contribution >= 4 is 11.5 Å². The van der Waals surface area contributed by atoms with E-state index in [1.54, 1.807) is 19.3 Å². The Balaban J connectivity index is 2.43. The molecule has 2 aromatic heterocycles. The summed E-state index contributed by atoms with van der Waals surface area (Å²) >= 11 is 0. The third-order valence-electron chi connectivity index (χ3n) is 3.28. The summed E-state index contributed by atoms with van der Waals surface area (Å²) in [7, 11) is 1.43. The number of aromatic nitrogens is 2. The molecule has 2 rings (SSSR count). The number of pyridine rings is 2. The molecule has 0 aliphatic heterocycles. The van der Waals surface area contributed by atoms with Gasteiger partial charge in [0.2, 0.25) is 0 Å². The van der Waals surface area contributed by atoms with Crippen LogP contribution in [-0.2, 0) is 17.9 Å². The molecule has 2 heterocycles. The van der Waals surface area contributed by atoms with E-state index in [0.717, 1.165) is 5.56 Å². The van der Waals surface area contributed by atoms with Crippen molar-refractivity contribution in [1.82, 2.24) is 4.98 Å². The van der Waals surface area contributed by atoms with Gasteiger partial charge in [0.15, 0.2) is 11.3 Å². The first-order chi connectivity index (χ1) is 11.1. The summed E-state index contributed by atoms with van der Waals surface area (Å²) in [4.78, 5) is 17.7. The number of nitriles is 1. The number of nitrogens with one attached hydrogen (secondary N) is 2. The number of nitro groups is 1. The number of nitrogens with zero attached hydrogens (tertiary/aromatic N) is 3. The Bertz CT molecular complexity index is 756. The van der Waals surface area contributed by atoms with Crippen molar-refractivity contribution in [3.63, 3.8) is 0 Å². The van der Waals surface area contributed by atoms with Crippen LogP contribution in [0.2, 0.25) is 0 Å². The molecular weight excluding hydrogens is 298 g/mol. The molecule has 0 aromatic carbocycles. The Morgan fingerprint density at radius 2 is 2.35 bits per heavy atom. The van der Waals surface area contributed by atoms with E-state index in [1.807, 2.05) is 18.2 Å². The molecule has 0 atom stereocenters. The van der Waals surface area contributed by atoms with Gasteiger partial charge >= 0.3 is 5.69 Å². The number of aryl methyl sites for hydroxylation is 1. The van der Waals surface area contributed by atoms with E-state index in [1.165, 1.54) is 7.11 Å². The minimum atomic E-state index is -0.508. The molecule has 2 N–H and O–H groups in total. The Kier molecular flexibility index (Phi) is 5.17. The number of hydrogen-bond acceptors (Lipinski definition) is 6. The third-order valence-corrected chi connectivity index (χ3v) is 3.28. The van der Waals surface area contributed by atoms with Gasteiger partial charge in [-0.15, -0.1) is 0 Å². The molecule has 2 aromatic rings. The average molecular weight is 314 g/mol. The molecule has 0 aliphatic carbocycles. The van der Waals surface area contributed by atoms with Gasteiger partial charge in [-0.05, 0) is 6.07 Å². The highest BCUT2D eigenvalue weighted by molar-refractivity contribution is 5.60. The fourth-order valence-electron chi connectivity index (χ4n) is 2.29. The minimum Gasteiger partial charge on any atom is -0.380 e. The van der Waals surface area contributed by atoms with Crippen molar-refractivity contribution in [2.75, 3.05) is 12.4 Å². The molecule has 8 heteroatoms. The molecule has 0 bridgehead atoms. The van der Waals surface area contributed by atoms with E-state index in [4.69, 9.17) is 4.74 Å². The lowest BCUT2D eigenvalue weighted by atomic mass is 10.1. The zero-order valence-corrected chi connectivity index (χ0v) is 12.8. The highest BCUT2D eigenvalue weighted by atomic mass is 16.6. The lowest BCUT2D eigenvalue weighted by Gasteiger charge is -2.08. The van der Waals surface area contributed by atoms with Crippen molar-refractivity contribution in [3.05, 3.63) is 57.0 Å². The third kappa shape index (κ3) is 3.59. The number of rotatable bonds is 6. The van der Waals surface area contributed by atoms with Gasteiger partial charge in [-0.3, -0.25) is 20.4 Å². The smallest absolute Gasteiger partial charge is 0.317 e. The van der Waals surface area contributed by atoms with Crippen molar-refractivity contribution in [2.45, 2.75) is 20.1 Å². The van der Waals surface area contributed by atoms with Gasteiger partial charge < -0.3 is 4.74 Å². The lowest BCUT2D eigenvalue weighted by molar-refractivity contribution is -0.420. The summed E-state index contributed by atoms with van der Waals surface area (Å²) in [5.41, 5.74) is 1.58. The molecule has 0 fully saturated rings. The maximum Gasteiger partial charge on any atom is 0.317 e. The van der Waals surface area contributed by atoms with Gasteiger partial charge in [-0.1, -0.05) is 6.07 Å². The van der Waals surface area contributed by atoms with Gasteiger partial charge in [0.05, 0.1) is 17.1 Å². The molecular formula is C15H16N5O3+. The van der Waals surface area contributed by atoms with Gasteiger partial charge in [0.1, 0.15) is 12.6 Å². The van der Waals surface area contributed by atoms with Gasteiger partial charge in [-0.2, -0.15) is 5.26 Å². The van der Waals surface area contributed by atoms with E-state index in [0.29, 0.717) is 18.1 Å². The minimum absolute atomic E-state index is 0.0176. The number of aromatic amines is 1. The van der Waals surface area contributed by atoms with Gasteiger partial charge in [-0.25, -0.2) is 4.98 Å². The summed E-state index contributed by atoms with van der Waals surface area (Å²) in [6, 6.07) is 5.71. The molecule has 0 aliphatic rings. The Morgan fingerprint density at radius 3 is 2.91 bits per heavy atom. The lowest BCUT2D eigenvalue weighted by Crippen LogP contribution is -2.22. The van der Waals surface area contributed by atoms with E-state index in [9.17, 15) is 15.4 Å². The van der Waals surface area contributed by atoms with E-state index in [-0.39, 0.29) is 23.4 Å². The molecule has 0 saturated heterocycles. The molecule has 0 saturated carbocycles. The van der Waals surface area contributed by atoms with Crippen LogP contribution in [0.1, 0.15) is 22.4 Å². The standard InChI is InChI=1S/C15H15N5O3/c1-10-14(20(21)22)13(9-23-2)12(6-16)15(19-10)18-8-11-4-3-5-17-7-11/h3-5,7H,8-9H2,1-2H3,(H,18,19)/p+1. The highest BCUT2D eigenvalue weighted by Gasteiger charge is 2.29. The van der Waals surface area contributed by atoms with Crippen LogP contribution >= 0.6 is 0 Å². The second kappa shape index (κ2) is 7.29. The maximum atomic E-state index is 11.3. The van der Waals surface area contributed by atoms with Crippen LogP contribution in [0.5, 0.6) is 0 Å².